The quantitative estimate of drug-likeness (QED) is 0.452. The molecule has 0 saturated heterocycles. The van der Waals surface area contributed by atoms with Crippen LogP contribution in [0.4, 0.5) is 17.5 Å². The number of rotatable bonds is 2. The summed E-state index contributed by atoms with van der Waals surface area (Å²) in [6, 6.07) is 5.42. The van der Waals surface area contributed by atoms with Crippen LogP contribution in [-0.4, -0.2) is 24.9 Å². The molecule has 0 saturated carbocycles. The number of nitrogens with one attached hydrogen (secondary N) is 1. The van der Waals surface area contributed by atoms with Gasteiger partial charge in [0.2, 0.25) is 5.95 Å². The summed E-state index contributed by atoms with van der Waals surface area (Å²) in [5.41, 5.74) is 11.4. The summed E-state index contributed by atoms with van der Waals surface area (Å²) < 4.78 is 0. The van der Waals surface area contributed by atoms with E-state index in [9.17, 15) is 14.9 Å². The van der Waals surface area contributed by atoms with Crippen molar-refractivity contribution in [2.45, 2.75) is 0 Å². The molecule has 0 aliphatic carbocycles. The van der Waals surface area contributed by atoms with Crippen LogP contribution >= 0.6 is 0 Å². The van der Waals surface area contributed by atoms with E-state index in [1.807, 2.05) is 0 Å². The zero-order valence-corrected chi connectivity index (χ0v) is 11.0. The third kappa shape index (κ3) is 2.18. The van der Waals surface area contributed by atoms with Crippen molar-refractivity contribution in [2.75, 3.05) is 11.5 Å². The standard InChI is InChI=1S/C12H9N7O3/c13-9-8-10(18-12(14)16-9)17-11(20)7(15-8)5-1-3-6(4-2-5)19(21)22/h1-4H,(H5,13,14,16,17,18,20). The smallest absolute Gasteiger partial charge is 0.276 e. The van der Waals surface area contributed by atoms with Crippen molar-refractivity contribution in [3.05, 3.63) is 44.7 Å². The number of anilines is 2. The topological polar surface area (TPSA) is 167 Å². The number of nitrogens with zero attached hydrogens (tertiary/aromatic N) is 4. The van der Waals surface area contributed by atoms with Crippen molar-refractivity contribution in [2.24, 2.45) is 0 Å². The first kappa shape index (κ1) is 13.4. The molecular formula is C12H9N7O3. The highest BCUT2D eigenvalue weighted by Crippen LogP contribution is 2.21. The van der Waals surface area contributed by atoms with Gasteiger partial charge in [-0.3, -0.25) is 14.9 Å². The molecule has 0 aliphatic heterocycles. The Labute approximate surface area is 122 Å². The summed E-state index contributed by atoms with van der Waals surface area (Å²) in [7, 11) is 0. The number of nitrogen functional groups attached to an aromatic ring is 2. The molecule has 0 amide bonds. The molecule has 0 atom stereocenters. The van der Waals surface area contributed by atoms with E-state index in [2.05, 4.69) is 19.9 Å². The summed E-state index contributed by atoms with van der Waals surface area (Å²) in [6.45, 7) is 0. The first-order valence-electron chi connectivity index (χ1n) is 6.03. The number of H-pyrrole nitrogens is 1. The zero-order chi connectivity index (χ0) is 15.9. The predicted molar refractivity (Wildman–Crippen MR) is 78.9 cm³/mol. The molecule has 5 N–H and O–H groups in total. The Hall–Kier alpha value is -3.56. The summed E-state index contributed by atoms with van der Waals surface area (Å²) >= 11 is 0. The Morgan fingerprint density at radius 3 is 2.41 bits per heavy atom. The SMILES string of the molecule is Nc1nc(N)c2nc(-c3ccc([N+](=O)[O-])cc3)c(=O)[nH]c2n1. The molecule has 10 nitrogen and oxygen atoms in total. The number of hydrogen-bond donors (Lipinski definition) is 3. The van der Waals surface area contributed by atoms with Gasteiger partial charge in [-0.05, 0) is 12.1 Å². The van der Waals surface area contributed by atoms with E-state index in [1.54, 1.807) is 0 Å². The van der Waals surface area contributed by atoms with E-state index in [4.69, 9.17) is 11.5 Å². The first-order valence-corrected chi connectivity index (χ1v) is 6.03. The van der Waals surface area contributed by atoms with Gasteiger partial charge in [-0.25, -0.2) is 4.98 Å². The lowest BCUT2D eigenvalue weighted by Gasteiger charge is -2.04. The van der Waals surface area contributed by atoms with Gasteiger partial charge in [-0.15, -0.1) is 0 Å². The van der Waals surface area contributed by atoms with Crippen molar-refractivity contribution in [1.82, 2.24) is 19.9 Å². The number of nitro benzene ring substituents is 1. The normalized spacial score (nSPS) is 10.7. The predicted octanol–water partition coefficient (Wildman–Crippen LogP) is 0.453. The van der Waals surface area contributed by atoms with Gasteiger partial charge in [0.15, 0.2) is 11.5 Å². The molecule has 10 heteroatoms. The van der Waals surface area contributed by atoms with Gasteiger partial charge >= 0.3 is 0 Å². The van der Waals surface area contributed by atoms with E-state index in [0.717, 1.165) is 0 Å². The fraction of sp³-hybridized carbons (Fsp3) is 0. The number of non-ortho nitro benzene ring substituents is 1. The summed E-state index contributed by atoms with van der Waals surface area (Å²) in [5.74, 6) is -0.0487. The van der Waals surface area contributed by atoms with Gasteiger partial charge in [0.25, 0.3) is 11.2 Å². The highest BCUT2D eigenvalue weighted by atomic mass is 16.6. The number of benzene rings is 1. The molecule has 3 rings (SSSR count). The number of aromatic nitrogens is 4. The van der Waals surface area contributed by atoms with E-state index >= 15 is 0 Å². The fourth-order valence-electron chi connectivity index (χ4n) is 1.95. The van der Waals surface area contributed by atoms with Crippen LogP contribution in [0.2, 0.25) is 0 Å². The van der Waals surface area contributed by atoms with Crippen LogP contribution in [0.25, 0.3) is 22.4 Å². The van der Waals surface area contributed by atoms with Crippen molar-refractivity contribution >= 4 is 28.6 Å². The monoisotopic (exact) mass is 299 g/mol. The van der Waals surface area contributed by atoms with Crippen LogP contribution in [-0.2, 0) is 0 Å². The van der Waals surface area contributed by atoms with Gasteiger partial charge in [-0.2, -0.15) is 9.97 Å². The maximum atomic E-state index is 12.1. The number of aromatic amines is 1. The Kier molecular flexibility index (Phi) is 2.91. The van der Waals surface area contributed by atoms with Gasteiger partial charge < -0.3 is 16.5 Å². The molecule has 1 aromatic carbocycles. The van der Waals surface area contributed by atoms with Crippen LogP contribution in [0.5, 0.6) is 0 Å². The molecule has 2 heterocycles. The van der Waals surface area contributed by atoms with E-state index in [-0.39, 0.29) is 34.3 Å². The minimum absolute atomic E-state index is 0.0295. The van der Waals surface area contributed by atoms with Crippen molar-refractivity contribution < 1.29 is 4.92 Å². The van der Waals surface area contributed by atoms with Crippen molar-refractivity contribution in [3.8, 4) is 11.3 Å². The Balaban J connectivity index is 2.20. The Morgan fingerprint density at radius 1 is 1.09 bits per heavy atom. The molecule has 0 unspecified atom stereocenters. The van der Waals surface area contributed by atoms with E-state index < -0.39 is 10.5 Å². The average Bonchev–Trinajstić information content (AvgIpc) is 2.46. The number of fused-ring (bicyclic) bond motifs is 1. The first-order chi connectivity index (χ1) is 10.5. The molecule has 0 aliphatic rings. The molecule has 2 aromatic heterocycles. The second-order valence-electron chi connectivity index (χ2n) is 4.38. The van der Waals surface area contributed by atoms with Crippen LogP contribution < -0.4 is 17.0 Å². The van der Waals surface area contributed by atoms with Crippen LogP contribution in [0.1, 0.15) is 0 Å². The fourth-order valence-corrected chi connectivity index (χ4v) is 1.95. The van der Waals surface area contributed by atoms with Crippen LogP contribution in [0.3, 0.4) is 0 Å². The Bertz CT molecular complexity index is 949. The lowest BCUT2D eigenvalue weighted by Crippen LogP contribution is -2.14. The molecule has 0 bridgehead atoms. The Morgan fingerprint density at radius 2 is 1.77 bits per heavy atom. The second kappa shape index (κ2) is 4.77. The molecule has 0 fully saturated rings. The summed E-state index contributed by atoms with van der Waals surface area (Å²) in [6.07, 6.45) is 0. The highest BCUT2D eigenvalue weighted by molar-refractivity contribution is 5.83. The summed E-state index contributed by atoms with van der Waals surface area (Å²) in [5, 5.41) is 10.6. The molecule has 3 aromatic rings. The van der Waals surface area contributed by atoms with Crippen molar-refractivity contribution in [3.63, 3.8) is 0 Å². The van der Waals surface area contributed by atoms with Gasteiger partial charge in [0, 0.05) is 17.7 Å². The van der Waals surface area contributed by atoms with Crippen LogP contribution in [0.15, 0.2) is 29.1 Å². The number of hydrogen-bond acceptors (Lipinski definition) is 8. The number of nitro groups is 1. The lowest BCUT2D eigenvalue weighted by molar-refractivity contribution is -0.384. The number of nitrogens with two attached hydrogens (primary N) is 2. The minimum Gasteiger partial charge on any atom is -0.382 e. The maximum Gasteiger partial charge on any atom is 0.276 e. The average molecular weight is 299 g/mol. The highest BCUT2D eigenvalue weighted by Gasteiger charge is 2.13. The maximum absolute atomic E-state index is 12.1. The van der Waals surface area contributed by atoms with Gasteiger partial charge in [0.05, 0.1) is 4.92 Å². The summed E-state index contributed by atoms with van der Waals surface area (Å²) in [4.78, 5) is 36.5. The molecule has 110 valence electrons. The van der Waals surface area contributed by atoms with E-state index in [0.29, 0.717) is 5.56 Å². The lowest BCUT2D eigenvalue weighted by atomic mass is 10.1. The minimum atomic E-state index is -0.531. The van der Waals surface area contributed by atoms with Gasteiger partial charge in [0.1, 0.15) is 11.2 Å². The van der Waals surface area contributed by atoms with Crippen molar-refractivity contribution in [1.29, 1.82) is 0 Å². The molecule has 22 heavy (non-hydrogen) atoms. The molecule has 0 spiro atoms. The molecule has 0 radical (unpaired) electrons. The van der Waals surface area contributed by atoms with Gasteiger partial charge in [-0.1, -0.05) is 0 Å². The van der Waals surface area contributed by atoms with E-state index in [1.165, 1.54) is 24.3 Å². The third-order valence-corrected chi connectivity index (χ3v) is 2.95. The second-order valence-corrected chi connectivity index (χ2v) is 4.38. The van der Waals surface area contributed by atoms with Crippen LogP contribution in [0, 0.1) is 10.1 Å². The molecular weight excluding hydrogens is 290 g/mol. The third-order valence-electron chi connectivity index (χ3n) is 2.95. The zero-order valence-electron chi connectivity index (χ0n) is 11.0. The largest absolute Gasteiger partial charge is 0.382 e.